The number of likely N-dealkylation sites (tertiary alicyclic amines) is 1. The van der Waals surface area contributed by atoms with E-state index in [4.69, 9.17) is 4.74 Å². The number of rotatable bonds is 6. The van der Waals surface area contributed by atoms with Crippen molar-refractivity contribution in [3.63, 3.8) is 0 Å². The van der Waals surface area contributed by atoms with E-state index in [2.05, 4.69) is 65.7 Å². The van der Waals surface area contributed by atoms with E-state index in [1.807, 2.05) is 0 Å². The van der Waals surface area contributed by atoms with Crippen molar-refractivity contribution < 1.29 is 9.53 Å². The minimum Gasteiger partial charge on any atom is -0.449 e. The van der Waals surface area contributed by atoms with Crippen molar-refractivity contribution in [2.45, 2.75) is 51.1 Å². The summed E-state index contributed by atoms with van der Waals surface area (Å²) in [6, 6.07) is 18.6. The minimum absolute atomic E-state index is 0.171. The van der Waals surface area contributed by atoms with Crippen molar-refractivity contribution in [1.29, 1.82) is 0 Å². The summed E-state index contributed by atoms with van der Waals surface area (Å²) in [5.74, 6) is 0. The maximum atomic E-state index is 11.3. The fraction of sp³-hybridized carbons (Fsp3) is 0.458. The smallest absolute Gasteiger partial charge is 0.407 e. The number of hydrogen-bond acceptors (Lipinski definition) is 3. The third-order valence-corrected chi connectivity index (χ3v) is 6.12. The molecule has 0 bridgehead atoms. The molecule has 2 fully saturated rings. The van der Waals surface area contributed by atoms with Crippen molar-refractivity contribution in [3.05, 3.63) is 59.7 Å². The van der Waals surface area contributed by atoms with Gasteiger partial charge in [-0.05, 0) is 61.4 Å². The van der Waals surface area contributed by atoms with Gasteiger partial charge in [-0.25, -0.2) is 4.79 Å². The lowest BCUT2D eigenvalue weighted by molar-refractivity contribution is 0.115. The van der Waals surface area contributed by atoms with Crippen LogP contribution in [0.2, 0.25) is 0 Å². The highest BCUT2D eigenvalue weighted by molar-refractivity contribution is 5.68. The summed E-state index contributed by atoms with van der Waals surface area (Å²) in [4.78, 5) is 13.9. The third-order valence-electron chi connectivity index (χ3n) is 6.12. The first-order chi connectivity index (χ1) is 13.7. The van der Waals surface area contributed by atoms with E-state index in [1.54, 1.807) is 0 Å². The molecule has 2 heterocycles. The number of benzene rings is 2. The van der Waals surface area contributed by atoms with E-state index in [0.717, 1.165) is 31.8 Å². The molecular weight excluding hydrogens is 348 g/mol. The second-order valence-electron chi connectivity index (χ2n) is 8.14. The molecule has 4 rings (SSSR count). The van der Waals surface area contributed by atoms with E-state index in [1.165, 1.54) is 41.6 Å². The van der Waals surface area contributed by atoms with Gasteiger partial charge in [0.1, 0.15) is 0 Å². The number of carbonyl (C=O) groups is 1. The van der Waals surface area contributed by atoms with E-state index < -0.39 is 0 Å². The first-order valence-corrected chi connectivity index (χ1v) is 10.5. The van der Waals surface area contributed by atoms with Crippen molar-refractivity contribution in [3.8, 4) is 11.1 Å². The summed E-state index contributed by atoms with van der Waals surface area (Å²) in [7, 11) is 0. The Morgan fingerprint density at radius 3 is 2.29 bits per heavy atom. The minimum atomic E-state index is -0.299. The van der Waals surface area contributed by atoms with Gasteiger partial charge in [0.25, 0.3) is 0 Å². The lowest BCUT2D eigenvalue weighted by Crippen LogP contribution is -2.42. The van der Waals surface area contributed by atoms with Crippen molar-refractivity contribution in [1.82, 2.24) is 10.2 Å². The highest BCUT2D eigenvalue weighted by Gasteiger charge is 2.20. The number of alkyl carbamates (subject to hydrolysis) is 1. The summed E-state index contributed by atoms with van der Waals surface area (Å²) >= 11 is 0. The number of cyclic esters (lactones) is 1. The van der Waals surface area contributed by atoms with Crippen LogP contribution < -0.4 is 5.32 Å². The van der Waals surface area contributed by atoms with Crippen LogP contribution in [0.1, 0.15) is 37.3 Å². The molecule has 0 spiro atoms. The zero-order valence-corrected chi connectivity index (χ0v) is 16.7. The van der Waals surface area contributed by atoms with Gasteiger partial charge in [0.15, 0.2) is 0 Å². The summed E-state index contributed by atoms with van der Waals surface area (Å²) in [6.45, 7) is 5.27. The quantitative estimate of drug-likeness (QED) is 0.809. The molecule has 0 saturated carbocycles. The monoisotopic (exact) mass is 378 g/mol. The lowest BCUT2D eigenvalue weighted by Gasteiger charge is -2.23. The molecule has 2 aliphatic heterocycles. The molecule has 4 heteroatoms. The predicted octanol–water partition coefficient (Wildman–Crippen LogP) is 4.42. The molecule has 0 aromatic heterocycles. The zero-order chi connectivity index (χ0) is 19.3. The summed E-state index contributed by atoms with van der Waals surface area (Å²) < 4.78 is 4.93. The van der Waals surface area contributed by atoms with Crippen LogP contribution in [0, 0.1) is 0 Å². The molecule has 148 valence electrons. The average Bonchev–Trinajstić information content (AvgIpc) is 3.12. The van der Waals surface area contributed by atoms with Crippen LogP contribution in [0.25, 0.3) is 11.1 Å². The van der Waals surface area contributed by atoms with Gasteiger partial charge in [-0.3, -0.25) is 0 Å². The summed E-state index contributed by atoms with van der Waals surface area (Å²) in [5.41, 5.74) is 5.14. The Bertz CT molecular complexity index is 785. The number of nitrogens with one attached hydrogen (secondary N) is 1. The topological polar surface area (TPSA) is 41.6 Å². The molecule has 2 aliphatic rings. The molecule has 1 N–H and O–H groups in total. The number of carbonyl (C=O) groups excluding carboxylic acids is 1. The van der Waals surface area contributed by atoms with Crippen molar-refractivity contribution >= 4 is 6.09 Å². The molecule has 28 heavy (non-hydrogen) atoms. The van der Waals surface area contributed by atoms with Crippen LogP contribution >= 0.6 is 0 Å². The van der Waals surface area contributed by atoms with Gasteiger partial charge in [-0.1, -0.05) is 48.5 Å². The van der Waals surface area contributed by atoms with Crippen molar-refractivity contribution in [2.24, 2.45) is 0 Å². The highest BCUT2D eigenvalue weighted by Crippen LogP contribution is 2.22. The standard InChI is InChI=1S/C24H30N2O2/c1-18-3-2-14-26(18)15-12-19-4-8-21(9-5-19)22-10-6-20(7-11-22)17-23-13-16-28-24(27)25-23/h4-11,18,23H,2-3,12-17H2,1H3,(H,25,27)/t18-,23-/m1/s1. The molecular formula is C24H30N2O2. The first-order valence-electron chi connectivity index (χ1n) is 10.5. The number of ether oxygens (including phenoxy) is 1. The molecule has 0 unspecified atom stereocenters. The number of nitrogens with zero attached hydrogens (tertiary/aromatic N) is 1. The Morgan fingerprint density at radius 2 is 1.68 bits per heavy atom. The lowest BCUT2D eigenvalue weighted by atomic mass is 9.98. The Morgan fingerprint density at radius 1 is 1.00 bits per heavy atom. The van der Waals surface area contributed by atoms with Crippen molar-refractivity contribution in [2.75, 3.05) is 19.7 Å². The van der Waals surface area contributed by atoms with Gasteiger partial charge >= 0.3 is 6.09 Å². The average molecular weight is 379 g/mol. The molecule has 2 aromatic rings. The SMILES string of the molecule is C[C@@H]1CCCN1CCc1ccc(-c2ccc(C[C@H]3CCOC(=O)N3)cc2)cc1. The fourth-order valence-corrected chi connectivity index (χ4v) is 4.31. The Hall–Kier alpha value is -2.33. The number of hydrogen-bond donors (Lipinski definition) is 1. The molecule has 4 nitrogen and oxygen atoms in total. The Kier molecular flexibility index (Phi) is 5.96. The van der Waals surface area contributed by atoms with E-state index in [-0.39, 0.29) is 12.1 Å². The second-order valence-corrected chi connectivity index (χ2v) is 8.14. The fourth-order valence-electron chi connectivity index (χ4n) is 4.31. The number of amides is 1. The Labute approximate surface area is 167 Å². The molecule has 0 radical (unpaired) electrons. The summed E-state index contributed by atoms with van der Waals surface area (Å²) in [5, 5.41) is 2.89. The van der Waals surface area contributed by atoms with Crippen LogP contribution in [-0.4, -0.2) is 42.8 Å². The van der Waals surface area contributed by atoms with E-state index in [0.29, 0.717) is 6.61 Å². The zero-order valence-electron chi connectivity index (χ0n) is 16.7. The highest BCUT2D eigenvalue weighted by atomic mass is 16.5. The first kappa shape index (κ1) is 19.0. The van der Waals surface area contributed by atoms with Crippen LogP contribution in [0.15, 0.2) is 48.5 Å². The predicted molar refractivity (Wildman–Crippen MR) is 112 cm³/mol. The molecule has 2 saturated heterocycles. The molecule has 2 atom stereocenters. The molecule has 2 aromatic carbocycles. The maximum Gasteiger partial charge on any atom is 0.407 e. The van der Waals surface area contributed by atoms with Crippen LogP contribution in [-0.2, 0) is 17.6 Å². The largest absolute Gasteiger partial charge is 0.449 e. The van der Waals surface area contributed by atoms with E-state index >= 15 is 0 Å². The van der Waals surface area contributed by atoms with Gasteiger partial charge in [0, 0.05) is 25.0 Å². The second kappa shape index (κ2) is 8.78. The molecule has 0 aliphatic carbocycles. The Balaban J connectivity index is 1.33. The normalized spacial score (nSPS) is 22.7. The van der Waals surface area contributed by atoms with Crippen LogP contribution in [0.4, 0.5) is 4.79 Å². The van der Waals surface area contributed by atoms with E-state index in [9.17, 15) is 4.79 Å². The van der Waals surface area contributed by atoms with Crippen LogP contribution in [0.5, 0.6) is 0 Å². The van der Waals surface area contributed by atoms with Gasteiger partial charge in [-0.2, -0.15) is 0 Å². The summed E-state index contributed by atoms with van der Waals surface area (Å²) in [6.07, 6.45) is 5.23. The van der Waals surface area contributed by atoms with Gasteiger partial charge in [0.2, 0.25) is 0 Å². The third kappa shape index (κ3) is 4.74. The van der Waals surface area contributed by atoms with Gasteiger partial charge in [0.05, 0.1) is 6.61 Å². The molecule has 1 amide bonds. The van der Waals surface area contributed by atoms with Gasteiger partial charge in [-0.15, -0.1) is 0 Å². The maximum absolute atomic E-state index is 11.3. The van der Waals surface area contributed by atoms with Crippen LogP contribution in [0.3, 0.4) is 0 Å². The van der Waals surface area contributed by atoms with Gasteiger partial charge < -0.3 is 15.0 Å².